The number of rotatable bonds is 4. The molecule has 0 saturated carbocycles. The Kier molecular flexibility index (Phi) is 4.59. The van der Waals surface area contributed by atoms with Crippen molar-refractivity contribution in [3.63, 3.8) is 0 Å². The van der Waals surface area contributed by atoms with Gasteiger partial charge in [-0.2, -0.15) is 0 Å². The molecule has 1 saturated heterocycles. The Labute approximate surface area is 109 Å². The lowest BCUT2D eigenvalue weighted by atomic mass is 9.93. The smallest absolute Gasteiger partial charge is 0.326 e. The standard InChI is InChI=1S/C13H24N2O3/c1-5-9(2)10(11(16)17)14-12(18)15-7-6-13(3,4)8-15/h9-10H,5-8H2,1-4H3,(H,14,18)(H,16,17). The van der Waals surface area contributed by atoms with Crippen LogP contribution in [-0.2, 0) is 4.79 Å². The van der Waals surface area contributed by atoms with Crippen LogP contribution in [-0.4, -0.2) is 41.1 Å². The quantitative estimate of drug-likeness (QED) is 0.807. The lowest BCUT2D eigenvalue weighted by Crippen LogP contribution is -2.50. The maximum absolute atomic E-state index is 12.0. The van der Waals surface area contributed by atoms with Crippen LogP contribution in [0, 0.1) is 11.3 Å². The molecule has 18 heavy (non-hydrogen) atoms. The number of hydrogen-bond acceptors (Lipinski definition) is 2. The highest BCUT2D eigenvalue weighted by Gasteiger charge is 2.34. The number of carboxylic acids is 1. The third-order valence-corrected chi connectivity index (χ3v) is 3.72. The first-order valence-electron chi connectivity index (χ1n) is 6.55. The van der Waals surface area contributed by atoms with Crippen molar-refractivity contribution in [3.05, 3.63) is 0 Å². The van der Waals surface area contributed by atoms with E-state index in [1.54, 1.807) is 4.90 Å². The zero-order valence-electron chi connectivity index (χ0n) is 11.7. The minimum Gasteiger partial charge on any atom is -0.480 e. The molecule has 0 aromatic rings. The van der Waals surface area contributed by atoms with Gasteiger partial charge in [0.25, 0.3) is 0 Å². The number of carbonyl (C=O) groups is 2. The minimum atomic E-state index is -0.962. The number of nitrogens with zero attached hydrogens (tertiary/aromatic N) is 1. The molecule has 1 aliphatic heterocycles. The van der Waals surface area contributed by atoms with E-state index < -0.39 is 12.0 Å². The van der Waals surface area contributed by atoms with Crippen molar-refractivity contribution >= 4 is 12.0 Å². The topological polar surface area (TPSA) is 69.6 Å². The van der Waals surface area contributed by atoms with Crippen LogP contribution in [0.3, 0.4) is 0 Å². The number of amides is 2. The van der Waals surface area contributed by atoms with Crippen molar-refractivity contribution in [2.45, 2.75) is 46.6 Å². The zero-order chi connectivity index (χ0) is 13.9. The second-order valence-electron chi connectivity index (χ2n) is 5.99. The zero-order valence-corrected chi connectivity index (χ0v) is 11.7. The van der Waals surface area contributed by atoms with E-state index in [0.717, 1.165) is 12.8 Å². The molecular weight excluding hydrogens is 232 g/mol. The first kappa shape index (κ1) is 14.8. The van der Waals surface area contributed by atoms with Crippen molar-refractivity contribution in [2.24, 2.45) is 11.3 Å². The predicted octanol–water partition coefficient (Wildman–Crippen LogP) is 1.93. The Morgan fingerprint density at radius 1 is 1.44 bits per heavy atom. The van der Waals surface area contributed by atoms with Crippen LogP contribution in [0.1, 0.15) is 40.5 Å². The maximum Gasteiger partial charge on any atom is 0.326 e. The van der Waals surface area contributed by atoms with Gasteiger partial charge in [-0.25, -0.2) is 9.59 Å². The van der Waals surface area contributed by atoms with Crippen LogP contribution < -0.4 is 5.32 Å². The molecule has 0 bridgehead atoms. The summed E-state index contributed by atoms with van der Waals surface area (Å²) in [7, 11) is 0. The van der Waals surface area contributed by atoms with E-state index in [9.17, 15) is 9.59 Å². The summed E-state index contributed by atoms with van der Waals surface area (Å²) in [6.07, 6.45) is 1.68. The highest BCUT2D eigenvalue weighted by molar-refractivity contribution is 5.83. The molecule has 0 aromatic heterocycles. The third-order valence-electron chi connectivity index (χ3n) is 3.72. The number of hydrogen-bond donors (Lipinski definition) is 2. The van der Waals surface area contributed by atoms with Gasteiger partial charge in [-0.3, -0.25) is 0 Å². The number of urea groups is 1. The largest absolute Gasteiger partial charge is 0.480 e. The van der Waals surface area contributed by atoms with Crippen molar-refractivity contribution in [2.75, 3.05) is 13.1 Å². The molecule has 5 heteroatoms. The molecule has 1 rings (SSSR count). The van der Waals surface area contributed by atoms with Gasteiger partial charge < -0.3 is 15.3 Å². The van der Waals surface area contributed by atoms with Crippen LogP contribution in [0.5, 0.6) is 0 Å². The Balaban J connectivity index is 2.60. The van der Waals surface area contributed by atoms with E-state index in [2.05, 4.69) is 19.2 Å². The molecule has 1 aliphatic rings. The first-order valence-corrected chi connectivity index (χ1v) is 6.55. The van der Waals surface area contributed by atoms with Crippen molar-refractivity contribution < 1.29 is 14.7 Å². The highest BCUT2D eigenvalue weighted by Crippen LogP contribution is 2.28. The monoisotopic (exact) mass is 256 g/mol. The number of nitrogens with one attached hydrogen (secondary N) is 1. The highest BCUT2D eigenvalue weighted by atomic mass is 16.4. The molecule has 1 fully saturated rings. The Morgan fingerprint density at radius 2 is 2.06 bits per heavy atom. The molecule has 104 valence electrons. The molecule has 2 atom stereocenters. The fraction of sp³-hybridized carbons (Fsp3) is 0.846. The number of carboxylic acid groups (broad SMARTS) is 1. The van der Waals surface area contributed by atoms with E-state index in [4.69, 9.17) is 5.11 Å². The number of carbonyl (C=O) groups excluding carboxylic acids is 1. The maximum atomic E-state index is 12.0. The third kappa shape index (κ3) is 3.62. The molecule has 5 nitrogen and oxygen atoms in total. The summed E-state index contributed by atoms with van der Waals surface area (Å²) in [5, 5.41) is 11.8. The van der Waals surface area contributed by atoms with E-state index in [1.807, 2.05) is 13.8 Å². The summed E-state index contributed by atoms with van der Waals surface area (Å²) in [5.41, 5.74) is 0.131. The first-order chi connectivity index (χ1) is 8.26. The SMILES string of the molecule is CCC(C)C(NC(=O)N1CCC(C)(C)C1)C(=O)O. The molecule has 2 N–H and O–H groups in total. The van der Waals surface area contributed by atoms with Crippen LogP contribution in [0.15, 0.2) is 0 Å². The summed E-state index contributed by atoms with van der Waals surface area (Å²) >= 11 is 0. The summed E-state index contributed by atoms with van der Waals surface area (Å²) in [5.74, 6) is -1.03. The molecule has 0 aliphatic carbocycles. The van der Waals surface area contributed by atoms with E-state index in [0.29, 0.717) is 13.1 Å². The molecule has 2 amide bonds. The van der Waals surface area contributed by atoms with E-state index >= 15 is 0 Å². The van der Waals surface area contributed by atoms with Gasteiger partial charge in [-0.15, -0.1) is 0 Å². The summed E-state index contributed by atoms with van der Waals surface area (Å²) in [4.78, 5) is 24.9. The molecule has 0 radical (unpaired) electrons. The number of aliphatic carboxylic acids is 1. The van der Waals surface area contributed by atoms with Gasteiger partial charge in [0.05, 0.1) is 0 Å². The van der Waals surface area contributed by atoms with Crippen LogP contribution in [0.25, 0.3) is 0 Å². The van der Waals surface area contributed by atoms with Crippen molar-refractivity contribution in [1.82, 2.24) is 10.2 Å². The van der Waals surface area contributed by atoms with Crippen molar-refractivity contribution in [1.29, 1.82) is 0 Å². The Bertz CT molecular complexity index is 328. The summed E-state index contributed by atoms with van der Waals surface area (Å²) < 4.78 is 0. The van der Waals surface area contributed by atoms with Gasteiger partial charge in [0.2, 0.25) is 0 Å². The minimum absolute atomic E-state index is 0.0675. The molecule has 2 unspecified atom stereocenters. The number of likely N-dealkylation sites (tertiary alicyclic amines) is 1. The van der Waals surface area contributed by atoms with Crippen LogP contribution >= 0.6 is 0 Å². The van der Waals surface area contributed by atoms with Crippen LogP contribution in [0.2, 0.25) is 0 Å². The lowest BCUT2D eigenvalue weighted by Gasteiger charge is -2.25. The van der Waals surface area contributed by atoms with Crippen LogP contribution in [0.4, 0.5) is 4.79 Å². The van der Waals surface area contributed by atoms with E-state index in [-0.39, 0.29) is 17.4 Å². The normalized spacial score (nSPS) is 21.4. The predicted molar refractivity (Wildman–Crippen MR) is 69.4 cm³/mol. The van der Waals surface area contributed by atoms with Gasteiger partial charge >= 0.3 is 12.0 Å². The molecule has 1 heterocycles. The second-order valence-corrected chi connectivity index (χ2v) is 5.99. The average Bonchev–Trinajstić information content (AvgIpc) is 2.64. The average molecular weight is 256 g/mol. The van der Waals surface area contributed by atoms with Crippen molar-refractivity contribution in [3.8, 4) is 0 Å². The lowest BCUT2D eigenvalue weighted by molar-refractivity contribution is -0.140. The van der Waals surface area contributed by atoms with Gasteiger partial charge in [0, 0.05) is 13.1 Å². The van der Waals surface area contributed by atoms with Gasteiger partial charge in [0.1, 0.15) is 6.04 Å². The van der Waals surface area contributed by atoms with E-state index in [1.165, 1.54) is 0 Å². The van der Waals surface area contributed by atoms with Gasteiger partial charge in [-0.05, 0) is 17.8 Å². The second kappa shape index (κ2) is 5.59. The molecule has 0 aromatic carbocycles. The Morgan fingerprint density at radius 3 is 2.44 bits per heavy atom. The van der Waals surface area contributed by atoms with Gasteiger partial charge in [-0.1, -0.05) is 34.1 Å². The van der Waals surface area contributed by atoms with Gasteiger partial charge in [0.15, 0.2) is 0 Å². The fourth-order valence-corrected chi connectivity index (χ4v) is 2.19. The summed E-state index contributed by atoms with van der Waals surface area (Å²) in [6.45, 7) is 9.38. The summed E-state index contributed by atoms with van der Waals surface area (Å²) in [6, 6.07) is -1.06. The molecule has 0 spiro atoms. The fourth-order valence-electron chi connectivity index (χ4n) is 2.19. The Hall–Kier alpha value is -1.26. The molecular formula is C13H24N2O3.